The Morgan fingerprint density at radius 1 is 0.825 bits per heavy atom. The molecular formula is C25H21N2O11S2+. The lowest BCUT2D eigenvalue weighted by molar-refractivity contribution is 0.0696. The van der Waals surface area contributed by atoms with Crippen LogP contribution in [0.15, 0.2) is 56.7 Å². The number of hydrogen-bond donors (Lipinski definition) is 5. The third-order valence-electron chi connectivity index (χ3n) is 6.71. The van der Waals surface area contributed by atoms with Gasteiger partial charge in [-0.3, -0.25) is 9.11 Å². The average molecular weight is 590 g/mol. The predicted molar refractivity (Wildman–Crippen MR) is 140 cm³/mol. The molecule has 2 aromatic rings. The zero-order chi connectivity index (χ0) is 29.1. The van der Waals surface area contributed by atoms with Crippen molar-refractivity contribution in [2.75, 3.05) is 18.8 Å². The van der Waals surface area contributed by atoms with Crippen LogP contribution in [0.5, 0.6) is 0 Å². The van der Waals surface area contributed by atoms with Crippen LogP contribution in [0.4, 0.5) is 5.69 Å². The number of benzene rings is 3. The van der Waals surface area contributed by atoms with Crippen molar-refractivity contribution in [2.24, 2.45) is 0 Å². The van der Waals surface area contributed by atoms with Crippen molar-refractivity contribution in [3.8, 4) is 22.5 Å². The fourth-order valence-corrected chi connectivity index (χ4v) is 6.66. The van der Waals surface area contributed by atoms with Gasteiger partial charge in [-0.15, -0.1) is 0 Å². The number of carboxylic acids is 2. The Morgan fingerprint density at radius 3 is 2.02 bits per heavy atom. The van der Waals surface area contributed by atoms with E-state index in [0.29, 0.717) is 13.1 Å². The quantitative estimate of drug-likeness (QED) is 0.0977. The Bertz CT molecular complexity index is 2020. The van der Waals surface area contributed by atoms with Crippen molar-refractivity contribution in [2.45, 2.75) is 22.6 Å². The van der Waals surface area contributed by atoms with Gasteiger partial charge in [-0.2, -0.15) is 16.8 Å². The zero-order valence-corrected chi connectivity index (χ0v) is 22.0. The van der Waals surface area contributed by atoms with Crippen LogP contribution in [-0.4, -0.2) is 61.2 Å². The summed E-state index contributed by atoms with van der Waals surface area (Å²) >= 11 is 0. The predicted octanol–water partition coefficient (Wildman–Crippen LogP) is 2.24. The first-order valence-corrected chi connectivity index (χ1v) is 14.5. The number of carboxylic acid groups (broad SMARTS) is 2. The van der Waals surface area contributed by atoms with Crippen LogP contribution in [0.2, 0.25) is 0 Å². The van der Waals surface area contributed by atoms with Crippen LogP contribution in [0.3, 0.4) is 0 Å². The van der Waals surface area contributed by atoms with Gasteiger partial charge < -0.3 is 20.4 Å². The molecule has 5 rings (SSSR count). The summed E-state index contributed by atoms with van der Waals surface area (Å²) < 4.78 is 78.2. The molecule has 0 unspecified atom stereocenters. The Morgan fingerprint density at radius 2 is 1.45 bits per heavy atom. The monoisotopic (exact) mass is 589 g/mol. The molecule has 1 fully saturated rings. The molecule has 0 amide bonds. The second-order valence-electron chi connectivity index (χ2n) is 9.14. The fourth-order valence-electron chi connectivity index (χ4n) is 5.06. The van der Waals surface area contributed by atoms with E-state index in [1.807, 2.05) is 0 Å². The highest BCUT2D eigenvalue weighted by Gasteiger charge is 2.34. The molecule has 0 spiro atoms. The van der Waals surface area contributed by atoms with Crippen LogP contribution in [0, 0.1) is 0 Å². The molecule has 208 valence electrons. The van der Waals surface area contributed by atoms with E-state index in [0.717, 1.165) is 31.0 Å². The molecular weight excluding hydrogens is 568 g/mol. The SMILES string of the molecule is Nc1ccc2c(-c3ccc(C(=O)O)cc3C(=O)O)c3ccc(=[N+]4CCCC4)c(S(=O)(=O)O)c-3oc2c1S(=O)(=O)O. The maximum atomic E-state index is 12.8. The smallest absolute Gasteiger partial charge is 0.336 e. The van der Waals surface area contributed by atoms with Gasteiger partial charge in [0.05, 0.1) is 16.8 Å². The number of nitrogens with two attached hydrogens (primary N) is 1. The van der Waals surface area contributed by atoms with Gasteiger partial charge in [-0.1, -0.05) is 6.07 Å². The van der Waals surface area contributed by atoms with Gasteiger partial charge in [-0.05, 0) is 35.9 Å². The first-order chi connectivity index (χ1) is 18.7. The molecule has 3 aliphatic rings. The highest BCUT2D eigenvalue weighted by Crippen LogP contribution is 2.45. The number of aromatic carboxylic acids is 2. The van der Waals surface area contributed by atoms with Gasteiger partial charge in [-0.25, -0.2) is 14.2 Å². The summed E-state index contributed by atoms with van der Waals surface area (Å²) in [5.41, 5.74) is 3.72. The maximum Gasteiger partial charge on any atom is 0.336 e. The molecule has 0 atom stereocenters. The minimum atomic E-state index is -5.08. The highest BCUT2D eigenvalue weighted by atomic mass is 32.2. The topological polar surface area (TPSA) is 226 Å². The van der Waals surface area contributed by atoms with Gasteiger partial charge >= 0.3 is 22.1 Å². The van der Waals surface area contributed by atoms with Gasteiger partial charge in [0.2, 0.25) is 10.3 Å². The van der Waals surface area contributed by atoms with Crippen LogP contribution >= 0.6 is 0 Å². The number of fused-ring (bicyclic) bond motifs is 2. The van der Waals surface area contributed by atoms with Crippen molar-refractivity contribution in [3.05, 3.63) is 58.9 Å². The van der Waals surface area contributed by atoms with Crippen molar-refractivity contribution in [3.63, 3.8) is 0 Å². The van der Waals surface area contributed by atoms with Crippen LogP contribution < -0.4 is 15.7 Å². The fraction of sp³-hybridized carbons (Fsp3) is 0.160. The molecule has 1 saturated heterocycles. The molecule has 0 bridgehead atoms. The summed E-state index contributed by atoms with van der Waals surface area (Å²) in [7, 11) is -10.1. The maximum absolute atomic E-state index is 12.8. The molecule has 1 aliphatic carbocycles. The minimum Gasteiger partial charge on any atom is -0.478 e. The van der Waals surface area contributed by atoms with Crippen LogP contribution in [0.25, 0.3) is 33.4 Å². The second-order valence-corrected chi connectivity index (χ2v) is 11.9. The van der Waals surface area contributed by atoms with Gasteiger partial charge in [0, 0.05) is 35.4 Å². The Balaban J connectivity index is 2.10. The Kier molecular flexibility index (Phi) is 6.41. The lowest BCUT2D eigenvalue weighted by Gasteiger charge is -2.19. The molecule has 0 aromatic heterocycles. The van der Waals surface area contributed by atoms with Crippen molar-refractivity contribution in [1.29, 1.82) is 0 Å². The van der Waals surface area contributed by atoms with Crippen molar-refractivity contribution < 1.29 is 50.2 Å². The number of nitrogen functional groups attached to an aromatic ring is 1. The second kappa shape index (κ2) is 9.41. The Hall–Kier alpha value is -4.31. The summed E-state index contributed by atoms with van der Waals surface area (Å²) in [5.74, 6) is -3.46. The Labute approximate surface area is 226 Å². The third-order valence-corrected chi connectivity index (χ3v) is 8.55. The lowest BCUT2D eigenvalue weighted by atomic mass is 9.89. The molecule has 2 aliphatic heterocycles. The first-order valence-electron chi connectivity index (χ1n) is 11.7. The van der Waals surface area contributed by atoms with E-state index >= 15 is 0 Å². The van der Waals surface area contributed by atoms with E-state index in [4.69, 9.17) is 10.2 Å². The minimum absolute atomic E-state index is 0.0419. The van der Waals surface area contributed by atoms with E-state index < -0.39 is 64.6 Å². The van der Waals surface area contributed by atoms with E-state index in [-0.39, 0.29) is 33.0 Å². The molecule has 40 heavy (non-hydrogen) atoms. The number of nitrogens with zero attached hydrogens (tertiary/aromatic N) is 1. The standard InChI is InChI=1S/C25H20N2O11S2/c26-17-7-5-14-19(13-4-3-12(24(28)29)11-16(13)25(30)31)15-6-8-18(27-9-1-2-10-27)23(40(35,36)37)21(15)38-20(14)22(17)39(32,33)34/h3-8,11,26H,1-2,9-10H2,(H4,28,29,30,31,32,33,34,35,36,37)/p+1. The summed E-state index contributed by atoms with van der Waals surface area (Å²) in [6.45, 7) is 0.912. The molecule has 0 radical (unpaired) electrons. The van der Waals surface area contributed by atoms with Crippen LogP contribution in [0.1, 0.15) is 33.6 Å². The highest BCUT2D eigenvalue weighted by molar-refractivity contribution is 7.86. The molecule has 2 aromatic carbocycles. The summed E-state index contributed by atoms with van der Waals surface area (Å²) in [6, 6.07) is 8.44. The molecule has 6 N–H and O–H groups in total. The van der Waals surface area contributed by atoms with Gasteiger partial charge in [0.15, 0.2) is 16.2 Å². The van der Waals surface area contributed by atoms with Gasteiger partial charge in [0.1, 0.15) is 13.1 Å². The van der Waals surface area contributed by atoms with Crippen LogP contribution in [-0.2, 0) is 20.2 Å². The number of rotatable bonds is 5. The first kappa shape index (κ1) is 27.3. The third kappa shape index (κ3) is 4.48. The number of carbonyl (C=O) groups is 2. The molecule has 13 nitrogen and oxygen atoms in total. The zero-order valence-electron chi connectivity index (χ0n) is 20.4. The number of hydrogen-bond acceptors (Lipinski definition) is 8. The van der Waals surface area contributed by atoms with E-state index in [9.17, 15) is 45.7 Å². The lowest BCUT2D eigenvalue weighted by Crippen LogP contribution is -2.32. The molecule has 15 heteroatoms. The normalized spacial score (nSPS) is 14.2. The van der Waals surface area contributed by atoms with Crippen molar-refractivity contribution >= 4 is 48.8 Å². The molecule has 0 saturated carbocycles. The summed E-state index contributed by atoms with van der Waals surface area (Å²) in [6.07, 6.45) is 1.48. The number of anilines is 1. The summed E-state index contributed by atoms with van der Waals surface area (Å²) in [5, 5.41) is 19.3. The molecule has 2 heterocycles. The van der Waals surface area contributed by atoms with Crippen molar-refractivity contribution in [1.82, 2.24) is 4.58 Å². The van der Waals surface area contributed by atoms with E-state index in [1.165, 1.54) is 24.3 Å². The largest absolute Gasteiger partial charge is 0.478 e. The average Bonchev–Trinajstić information content (AvgIpc) is 3.39. The van der Waals surface area contributed by atoms with Gasteiger partial charge in [0.25, 0.3) is 10.1 Å². The van der Waals surface area contributed by atoms with E-state index in [2.05, 4.69) is 0 Å². The van der Waals surface area contributed by atoms with E-state index in [1.54, 1.807) is 4.58 Å². The summed E-state index contributed by atoms with van der Waals surface area (Å²) in [4.78, 5) is 22.2.